The third-order valence-electron chi connectivity index (χ3n) is 1.77. The van der Waals surface area contributed by atoms with E-state index in [0.29, 0.717) is 0 Å². The van der Waals surface area contributed by atoms with Crippen LogP contribution >= 0.6 is 0 Å². The maximum atomic E-state index is 4.23. The zero-order chi connectivity index (χ0) is 7.52. The number of nitrogens with one attached hydrogen (secondary N) is 1. The topological polar surface area (TPSA) is 28.1 Å². The van der Waals surface area contributed by atoms with Crippen molar-refractivity contribution in [2.24, 2.45) is 4.99 Å². The molecule has 11 heavy (non-hydrogen) atoms. The Morgan fingerprint density at radius 1 is 1.55 bits per heavy atom. The highest BCUT2D eigenvalue weighted by Gasteiger charge is 2.02. The SMILES string of the molecule is C1=CN=C(Cc2ccc[nH]2)C1. The highest BCUT2D eigenvalue weighted by molar-refractivity contribution is 5.89. The number of aromatic amines is 1. The summed E-state index contributed by atoms with van der Waals surface area (Å²) in [4.78, 5) is 7.38. The monoisotopic (exact) mass is 146 g/mol. The molecule has 0 spiro atoms. The van der Waals surface area contributed by atoms with Gasteiger partial charge in [0.05, 0.1) is 0 Å². The quantitative estimate of drug-likeness (QED) is 0.660. The molecule has 0 radical (unpaired) electrons. The summed E-state index contributed by atoms with van der Waals surface area (Å²) < 4.78 is 0. The van der Waals surface area contributed by atoms with E-state index in [0.717, 1.165) is 12.8 Å². The van der Waals surface area contributed by atoms with Crippen LogP contribution in [0.3, 0.4) is 0 Å². The summed E-state index contributed by atoms with van der Waals surface area (Å²) in [6.45, 7) is 0. The van der Waals surface area contributed by atoms with Crippen molar-refractivity contribution in [3.8, 4) is 0 Å². The first-order valence-electron chi connectivity index (χ1n) is 3.78. The fraction of sp³-hybridized carbons (Fsp3) is 0.222. The molecule has 2 nitrogen and oxygen atoms in total. The van der Waals surface area contributed by atoms with Crippen LogP contribution in [0, 0.1) is 0 Å². The number of aliphatic imine (C=N–C) groups is 1. The Bertz CT molecular complexity index is 281. The van der Waals surface area contributed by atoms with Gasteiger partial charge in [-0.25, -0.2) is 0 Å². The van der Waals surface area contributed by atoms with Crippen LogP contribution in [0.1, 0.15) is 12.1 Å². The van der Waals surface area contributed by atoms with Gasteiger partial charge in [0.1, 0.15) is 0 Å². The van der Waals surface area contributed by atoms with Gasteiger partial charge < -0.3 is 4.98 Å². The van der Waals surface area contributed by atoms with Crippen LogP contribution in [0.25, 0.3) is 0 Å². The van der Waals surface area contributed by atoms with Crippen molar-refractivity contribution >= 4 is 5.71 Å². The smallest absolute Gasteiger partial charge is 0.0275 e. The summed E-state index contributed by atoms with van der Waals surface area (Å²) >= 11 is 0. The molecule has 0 aromatic carbocycles. The third-order valence-corrected chi connectivity index (χ3v) is 1.77. The number of hydrogen-bond acceptors (Lipinski definition) is 1. The van der Waals surface area contributed by atoms with Crippen LogP contribution in [0.4, 0.5) is 0 Å². The van der Waals surface area contributed by atoms with Crippen LogP contribution in [-0.4, -0.2) is 10.7 Å². The lowest BCUT2D eigenvalue weighted by atomic mass is 10.2. The average molecular weight is 146 g/mol. The van der Waals surface area contributed by atoms with Crippen LogP contribution in [0.15, 0.2) is 35.6 Å². The molecule has 1 aromatic rings. The first kappa shape index (κ1) is 6.40. The van der Waals surface area contributed by atoms with Crippen molar-refractivity contribution in [1.82, 2.24) is 4.98 Å². The summed E-state index contributed by atoms with van der Waals surface area (Å²) in [5.74, 6) is 0. The second-order valence-corrected chi connectivity index (χ2v) is 2.66. The molecule has 0 saturated carbocycles. The number of allylic oxidation sites excluding steroid dienone is 1. The van der Waals surface area contributed by atoms with Gasteiger partial charge in [0, 0.05) is 36.6 Å². The minimum absolute atomic E-state index is 0.958. The molecule has 56 valence electrons. The zero-order valence-electron chi connectivity index (χ0n) is 6.25. The lowest BCUT2D eigenvalue weighted by Crippen LogP contribution is -1.98. The van der Waals surface area contributed by atoms with Gasteiger partial charge in [-0.1, -0.05) is 6.08 Å². The molecule has 1 N–H and O–H groups in total. The molecule has 2 heteroatoms. The van der Waals surface area contributed by atoms with Crippen molar-refractivity contribution in [2.45, 2.75) is 12.8 Å². The molecule has 0 saturated heterocycles. The molecule has 0 unspecified atom stereocenters. The summed E-state index contributed by atoms with van der Waals surface area (Å²) in [5.41, 5.74) is 2.49. The number of rotatable bonds is 2. The molecule has 0 amide bonds. The van der Waals surface area contributed by atoms with E-state index >= 15 is 0 Å². The summed E-state index contributed by atoms with van der Waals surface area (Å²) in [7, 11) is 0. The highest BCUT2D eigenvalue weighted by atomic mass is 14.7. The van der Waals surface area contributed by atoms with Gasteiger partial charge in [0.25, 0.3) is 0 Å². The first-order chi connectivity index (χ1) is 5.45. The maximum Gasteiger partial charge on any atom is 0.0275 e. The predicted octanol–water partition coefficient (Wildman–Crippen LogP) is 1.92. The molecule has 2 heterocycles. The van der Waals surface area contributed by atoms with E-state index in [4.69, 9.17) is 0 Å². The first-order valence-corrected chi connectivity index (χ1v) is 3.78. The molecule has 0 bridgehead atoms. The molecule has 2 rings (SSSR count). The number of H-pyrrole nitrogens is 1. The Hall–Kier alpha value is -1.31. The van der Waals surface area contributed by atoms with Crippen LogP contribution in [0.5, 0.6) is 0 Å². The fourth-order valence-electron chi connectivity index (χ4n) is 1.21. The average Bonchev–Trinajstić information content (AvgIpc) is 2.60. The van der Waals surface area contributed by atoms with Gasteiger partial charge in [0.15, 0.2) is 0 Å². The molecule has 1 aliphatic rings. The van der Waals surface area contributed by atoms with E-state index in [2.05, 4.69) is 22.1 Å². The van der Waals surface area contributed by atoms with Gasteiger partial charge in [0.2, 0.25) is 0 Å². The van der Waals surface area contributed by atoms with E-state index in [-0.39, 0.29) is 0 Å². The zero-order valence-corrected chi connectivity index (χ0v) is 6.25. The molecular formula is C9H10N2. The number of hydrogen-bond donors (Lipinski definition) is 1. The lowest BCUT2D eigenvalue weighted by molar-refractivity contribution is 1.17. The van der Waals surface area contributed by atoms with Gasteiger partial charge >= 0.3 is 0 Å². The predicted molar refractivity (Wildman–Crippen MR) is 45.7 cm³/mol. The van der Waals surface area contributed by atoms with Gasteiger partial charge in [-0.2, -0.15) is 0 Å². The third kappa shape index (κ3) is 1.40. The molecular weight excluding hydrogens is 136 g/mol. The van der Waals surface area contributed by atoms with E-state index in [1.54, 1.807) is 0 Å². The fourth-order valence-corrected chi connectivity index (χ4v) is 1.21. The number of aromatic nitrogens is 1. The van der Waals surface area contributed by atoms with Crippen LogP contribution in [0.2, 0.25) is 0 Å². The summed E-state index contributed by atoms with van der Waals surface area (Å²) in [6.07, 6.45) is 7.87. The Morgan fingerprint density at radius 2 is 2.55 bits per heavy atom. The minimum atomic E-state index is 0.958. The largest absolute Gasteiger partial charge is 0.365 e. The van der Waals surface area contributed by atoms with Gasteiger partial charge in [-0.3, -0.25) is 4.99 Å². The second kappa shape index (κ2) is 2.74. The molecule has 0 atom stereocenters. The van der Waals surface area contributed by atoms with Gasteiger partial charge in [-0.15, -0.1) is 0 Å². The second-order valence-electron chi connectivity index (χ2n) is 2.66. The van der Waals surface area contributed by atoms with Gasteiger partial charge in [-0.05, 0) is 12.1 Å². The van der Waals surface area contributed by atoms with E-state index < -0.39 is 0 Å². The van der Waals surface area contributed by atoms with Crippen molar-refractivity contribution in [3.63, 3.8) is 0 Å². The van der Waals surface area contributed by atoms with Crippen LogP contribution < -0.4 is 0 Å². The Labute approximate surface area is 65.7 Å². The standard InChI is InChI=1S/C9H10N2/c1-3-8(10-5-1)7-9-4-2-6-11-9/h1-3,5-6,10H,4,7H2. The lowest BCUT2D eigenvalue weighted by Gasteiger charge is -1.95. The summed E-state index contributed by atoms with van der Waals surface area (Å²) in [6, 6.07) is 4.10. The normalized spacial score (nSPS) is 15.5. The highest BCUT2D eigenvalue weighted by Crippen LogP contribution is 2.05. The molecule has 1 aliphatic heterocycles. The van der Waals surface area contributed by atoms with Crippen molar-refractivity contribution < 1.29 is 0 Å². The number of nitrogens with zero attached hydrogens (tertiary/aromatic N) is 1. The molecule has 0 aliphatic carbocycles. The summed E-state index contributed by atoms with van der Waals surface area (Å²) in [5, 5.41) is 0. The molecule has 0 fully saturated rings. The van der Waals surface area contributed by atoms with E-state index in [9.17, 15) is 0 Å². The Kier molecular flexibility index (Phi) is 1.60. The maximum absolute atomic E-state index is 4.23. The Morgan fingerprint density at radius 3 is 3.18 bits per heavy atom. The molecule has 1 aromatic heterocycles. The van der Waals surface area contributed by atoms with Crippen molar-refractivity contribution in [2.75, 3.05) is 0 Å². The van der Waals surface area contributed by atoms with E-state index in [1.165, 1.54) is 11.4 Å². The van der Waals surface area contributed by atoms with E-state index in [1.807, 2.05) is 18.5 Å². The Balaban J connectivity index is 2.02. The van der Waals surface area contributed by atoms with Crippen molar-refractivity contribution in [3.05, 3.63) is 36.3 Å². The van der Waals surface area contributed by atoms with Crippen LogP contribution in [-0.2, 0) is 6.42 Å². The van der Waals surface area contributed by atoms with Crippen molar-refractivity contribution in [1.29, 1.82) is 0 Å². The minimum Gasteiger partial charge on any atom is -0.365 e.